The van der Waals surface area contributed by atoms with Crippen LogP contribution in [0.1, 0.15) is 31.0 Å². The number of nitrogens with zero attached hydrogens (tertiary/aromatic N) is 2. The topological polar surface area (TPSA) is 51.4 Å². The van der Waals surface area contributed by atoms with E-state index >= 15 is 0 Å². The predicted octanol–water partition coefficient (Wildman–Crippen LogP) is 1.72. The van der Waals surface area contributed by atoms with Crippen LogP contribution in [0.25, 0.3) is 0 Å². The molecular formula is C14H23N3O. The molecule has 0 aliphatic carbocycles. The van der Waals surface area contributed by atoms with Gasteiger partial charge in [0.05, 0.1) is 6.61 Å². The molecule has 0 radical (unpaired) electrons. The van der Waals surface area contributed by atoms with E-state index in [1.165, 1.54) is 5.56 Å². The van der Waals surface area contributed by atoms with Crippen molar-refractivity contribution in [2.45, 2.75) is 32.7 Å². The molecule has 4 heteroatoms. The van der Waals surface area contributed by atoms with Crippen LogP contribution in [0.15, 0.2) is 12.1 Å². The number of aryl methyl sites for hydroxylation is 1. The van der Waals surface area contributed by atoms with E-state index in [1.807, 2.05) is 0 Å². The maximum atomic E-state index is 5.77. The molecule has 1 saturated heterocycles. The summed E-state index contributed by atoms with van der Waals surface area (Å²) in [6.45, 7) is 6.35. The predicted molar refractivity (Wildman–Crippen MR) is 73.8 cm³/mol. The number of hydrogen-bond donors (Lipinski definition) is 1. The summed E-state index contributed by atoms with van der Waals surface area (Å²) in [6.07, 6.45) is 3.20. The standard InChI is InChI=1S/C14H23N3O/c1-2-4-13-9-12(11-15)10-14(16-13)17-5-3-7-18-8-6-17/h9-10H,2-8,11,15H2,1H3. The quantitative estimate of drug-likeness (QED) is 0.882. The molecular weight excluding hydrogens is 226 g/mol. The zero-order valence-electron chi connectivity index (χ0n) is 11.2. The lowest BCUT2D eigenvalue weighted by Gasteiger charge is -2.22. The van der Waals surface area contributed by atoms with Crippen LogP contribution < -0.4 is 10.6 Å². The van der Waals surface area contributed by atoms with Gasteiger partial charge in [0, 0.05) is 31.9 Å². The van der Waals surface area contributed by atoms with Gasteiger partial charge in [-0.2, -0.15) is 0 Å². The first-order valence-corrected chi connectivity index (χ1v) is 6.86. The Hall–Kier alpha value is -1.13. The second kappa shape index (κ2) is 6.71. The Morgan fingerprint density at radius 2 is 2.22 bits per heavy atom. The third-order valence-corrected chi connectivity index (χ3v) is 3.21. The van der Waals surface area contributed by atoms with Crippen LogP contribution >= 0.6 is 0 Å². The summed E-state index contributed by atoms with van der Waals surface area (Å²) in [5, 5.41) is 0. The monoisotopic (exact) mass is 249 g/mol. The molecule has 0 atom stereocenters. The lowest BCUT2D eigenvalue weighted by atomic mass is 10.1. The smallest absolute Gasteiger partial charge is 0.129 e. The largest absolute Gasteiger partial charge is 0.380 e. The molecule has 0 unspecified atom stereocenters. The molecule has 1 aliphatic heterocycles. The molecule has 2 heterocycles. The van der Waals surface area contributed by atoms with E-state index in [2.05, 4.69) is 24.0 Å². The van der Waals surface area contributed by atoms with Gasteiger partial charge in [-0.25, -0.2) is 4.98 Å². The number of nitrogens with two attached hydrogens (primary N) is 1. The average molecular weight is 249 g/mol. The van der Waals surface area contributed by atoms with E-state index in [0.717, 1.165) is 57.1 Å². The molecule has 2 rings (SSSR count). The molecule has 0 amide bonds. The molecule has 100 valence electrons. The summed E-state index contributed by atoms with van der Waals surface area (Å²) < 4.78 is 5.49. The molecule has 1 aromatic heterocycles. The van der Waals surface area contributed by atoms with Crippen LogP contribution in [0.3, 0.4) is 0 Å². The zero-order valence-corrected chi connectivity index (χ0v) is 11.2. The Kier molecular flexibility index (Phi) is 4.96. The van der Waals surface area contributed by atoms with E-state index in [1.54, 1.807) is 0 Å². The van der Waals surface area contributed by atoms with Gasteiger partial charge >= 0.3 is 0 Å². The number of rotatable bonds is 4. The van der Waals surface area contributed by atoms with Crippen molar-refractivity contribution in [2.24, 2.45) is 5.73 Å². The Balaban J connectivity index is 2.21. The SMILES string of the molecule is CCCc1cc(CN)cc(N2CCCOCC2)n1. The van der Waals surface area contributed by atoms with Gasteiger partial charge in [-0.15, -0.1) is 0 Å². The molecule has 1 aromatic rings. The highest BCUT2D eigenvalue weighted by Crippen LogP contribution is 2.17. The van der Waals surface area contributed by atoms with Crippen LogP contribution in [-0.4, -0.2) is 31.3 Å². The van der Waals surface area contributed by atoms with Crippen LogP contribution in [-0.2, 0) is 17.7 Å². The van der Waals surface area contributed by atoms with Crippen molar-refractivity contribution in [3.05, 3.63) is 23.4 Å². The van der Waals surface area contributed by atoms with Crippen molar-refractivity contribution in [3.8, 4) is 0 Å². The highest BCUT2D eigenvalue weighted by molar-refractivity contribution is 5.43. The van der Waals surface area contributed by atoms with Gasteiger partial charge in [0.1, 0.15) is 5.82 Å². The maximum absolute atomic E-state index is 5.77. The highest BCUT2D eigenvalue weighted by Gasteiger charge is 2.12. The fraction of sp³-hybridized carbons (Fsp3) is 0.643. The molecule has 1 fully saturated rings. The van der Waals surface area contributed by atoms with E-state index in [0.29, 0.717) is 6.54 Å². The fourth-order valence-electron chi connectivity index (χ4n) is 2.27. The van der Waals surface area contributed by atoms with Gasteiger partial charge in [0.25, 0.3) is 0 Å². The number of hydrogen-bond acceptors (Lipinski definition) is 4. The molecule has 0 spiro atoms. The Morgan fingerprint density at radius 3 is 3.00 bits per heavy atom. The van der Waals surface area contributed by atoms with Crippen molar-refractivity contribution in [1.29, 1.82) is 0 Å². The van der Waals surface area contributed by atoms with E-state index < -0.39 is 0 Å². The highest BCUT2D eigenvalue weighted by atomic mass is 16.5. The summed E-state index contributed by atoms with van der Waals surface area (Å²) in [5.74, 6) is 1.06. The van der Waals surface area contributed by atoms with Gasteiger partial charge in [0.2, 0.25) is 0 Å². The second-order valence-electron chi connectivity index (χ2n) is 4.73. The molecule has 18 heavy (non-hydrogen) atoms. The van der Waals surface area contributed by atoms with Gasteiger partial charge in [-0.05, 0) is 30.5 Å². The summed E-state index contributed by atoms with van der Waals surface area (Å²) in [6, 6.07) is 4.24. The number of pyridine rings is 1. The van der Waals surface area contributed by atoms with Crippen molar-refractivity contribution in [3.63, 3.8) is 0 Å². The van der Waals surface area contributed by atoms with Gasteiger partial charge in [0.15, 0.2) is 0 Å². The zero-order chi connectivity index (χ0) is 12.8. The first kappa shape index (κ1) is 13.3. The molecule has 2 N–H and O–H groups in total. The molecule has 0 saturated carbocycles. The first-order chi connectivity index (χ1) is 8.83. The Labute approximate surface area is 109 Å². The minimum absolute atomic E-state index is 0.580. The summed E-state index contributed by atoms with van der Waals surface area (Å²) >= 11 is 0. The Morgan fingerprint density at radius 1 is 1.33 bits per heavy atom. The minimum atomic E-state index is 0.580. The average Bonchev–Trinajstić information content (AvgIpc) is 2.67. The van der Waals surface area contributed by atoms with Crippen LogP contribution in [0.2, 0.25) is 0 Å². The summed E-state index contributed by atoms with van der Waals surface area (Å²) in [7, 11) is 0. The normalized spacial score (nSPS) is 16.7. The van der Waals surface area contributed by atoms with Crippen molar-refractivity contribution in [2.75, 3.05) is 31.2 Å². The van der Waals surface area contributed by atoms with E-state index in [9.17, 15) is 0 Å². The van der Waals surface area contributed by atoms with Gasteiger partial charge < -0.3 is 15.4 Å². The van der Waals surface area contributed by atoms with E-state index in [-0.39, 0.29) is 0 Å². The van der Waals surface area contributed by atoms with E-state index in [4.69, 9.17) is 15.5 Å². The number of anilines is 1. The lowest BCUT2D eigenvalue weighted by molar-refractivity contribution is 0.152. The fourth-order valence-corrected chi connectivity index (χ4v) is 2.27. The van der Waals surface area contributed by atoms with Gasteiger partial charge in [-0.3, -0.25) is 0 Å². The van der Waals surface area contributed by atoms with Crippen LogP contribution in [0, 0.1) is 0 Å². The second-order valence-corrected chi connectivity index (χ2v) is 4.73. The minimum Gasteiger partial charge on any atom is -0.380 e. The summed E-state index contributed by atoms with van der Waals surface area (Å²) in [4.78, 5) is 7.06. The third-order valence-electron chi connectivity index (χ3n) is 3.21. The lowest BCUT2D eigenvalue weighted by Crippen LogP contribution is -2.27. The molecule has 0 aromatic carbocycles. The third kappa shape index (κ3) is 3.43. The van der Waals surface area contributed by atoms with Gasteiger partial charge in [-0.1, -0.05) is 13.3 Å². The van der Waals surface area contributed by atoms with Crippen molar-refractivity contribution < 1.29 is 4.74 Å². The van der Waals surface area contributed by atoms with Crippen molar-refractivity contribution in [1.82, 2.24) is 4.98 Å². The summed E-state index contributed by atoms with van der Waals surface area (Å²) in [5.41, 5.74) is 8.10. The number of ether oxygens (including phenoxy) is 1. The van der Waals surface area contributed by atoms with Crippen molar-refractivity contribution >= 4 is 5.82 Å². The maximum Gasteiger partial charge on any atom is 0.129 e. The first-order valence-electron chi connectivity index (χ1n) is 6.86. The van der Waals surface area contributed by atoms with Crippen LogP contribution in [0.4, 0.5) is 5.82 Å². The van der Waals surface area contributed by atoms with Crippen LogP contribution in [0.5, 0.6) is 0 Å². The molecule has 1 aliphatic rings. The molecule has 0 bridgehead atoms. The Bertz CT molecular complexity index is 373. The molecule has 4 nitrogen and oxygen atoms in total. The number of aromatic nitrogens is 1.